The van der Waals surface area contributed by atoms with E-state index in [9.17, 15) is 5.11 Å². The lowest BCUT2D eigenvalue weighted by Gasteiger charge is -2.18. The van der Waals surface area contributed by atoms with Gasteiger partial charge in [0.25, 0.3) is 0 Å². The molecule has 0 aliphatic rings. The van der Waals surface area contributed by atoms with E-state index in [2.05, 4.69) is 27.2 Å². The number of aliphatic hydroxyl groups is 1. The first-order valence-electron chi connectivity index (χ1n) is 7.25. The Morgan fingerprint density at radius 3 is 2.91 bits per heavy atom. The van der Waals surface area contributed by atoms with Crippen LogP contribution in [-0.2, 0) is 6.61 Å². The molecule has 0 amide bonds. The molecule has 7 heteroatoms. The summed E-state index contributed by atoms with van der Waals surface area (Å²) in [7, 11) is 0. The van der Waals surface area contributed by atoms with Crippen molar-refractivity contribution in [1.29, 1.82) is 0 Å². The van der Waals surface area contributed by atoms with Crippen LogP contribution in [0.4, 0.5) is 11.8 Å². The van der Waals surface area contributed by atoms with Crippen molar-refractivity contribution in [2.24, 2.45) is 0 Å². The van der Waals surface area contributed by atoms with Gasteiger partial charge in [-0.25, -0.2) is 4.98 Å². The number of pyridine rings is 1. The molecule has 0 aliphatic carbocycles. The number of aliphatic hydroxyl groups excluding tert-OH is 1. The number of nitrogen functional groups attached to an aromatic ring is 1. The van der Waals surface area contributed by atoms with Crippen molar-refractivity contribution in [2.45, 2.75) is 32.4 Å². The largest absolute Gasteiger partial charge is 0.482 e. The van der Waals surface area contributed by atoms with Gasteiger partial charge in [-0.15, -0.1) is 0 Å². The number of anilines is 2. The van der Waals surface area contributed by atoms with Crippen LogP contribution in [0.15, 0.2) is 30.6 Å². The van der Waals surface area contributed by atoms with Gasteiger partial charge in [0.2, 0.25) is 5.95 Å². The highest BCUT2D eigenvalue weighted by Crippen LogP contribution is 2.24. The molecule has 2 aromatic rings. The molecule has 22 heavy (non-hydrogen) atoms. The number of nitrogens with zero attached hydrogens (tertiary/aromatic N) is 3. The molecule has 0 fully saturated rings. The second-order valence-electron chi connectivity index (χ2n) is 4.86. The van der Waals surface area contributed by atoms with Gasteiger partial charge in [-0.3, -0.25) is 4.98 Å². The van der Waals surface area contributed by atoms with Crippen LogP contribution in [0.1, 0.15) is 25.5 Å². The number of ether oxygens (including phenoxy) is 1. The Hall–Kier alpha value is -2.41. The van der Waals surface area contributed by atoms with Crippen LogP contribution in [0.3, 0.4) is 0 Å². The summed E-state index contributed by atoms with van der Waals surface area (Å²) < 4.78 is 5.71. The molecule has 2 aromatic heterocycles. The number of aromatic nitrogens is 3. The summed E-state index contributed by atoms with van der Waals surface area (Å²) in [5.74, 6) is 1.12. The van der Waals surface area contributed by atoms with Gasteiger partial charge in [0.05, 0.1) is 24.5 Å². The molecule has 0 spiro atoms. The van der Waals surface area contributed by atoms with Gasteiger partial charge < -0.3 is 20.9 Å². The Morgan fingerprint density at radius 2 is 2.23 bits per heavy atom. The topological polar surface area (TPSA) is 106 Å². The minimum absolute atomic E-state index is 0.0113. The average Bonchev–Trinajstić information content (AvgIpc) is 2.54. The summed E-state index contributed by atoms with van der Waals surface area (Å²) in [4.78, 5) is 12.3. The molecule has 0 radical (unpaired) electrons. The minimum atomic E-state index is -0.100. The maximum Gasteiger partial charge on any atom is 0.222 e. The average molecular weight is 303 g/mol. The molecule has 0 aliphatic heterocycles. The molecule has 1 atom stereocenters. The Kier molecular flexibility index (Phi) is 5.91. The van der Waals surface area contributed by atoms with E-state index in [0.717, 1.165) is 18.5 Å². The summed E-state index contributed by atoms with van der Waals surface area (Å²) >= 11 is 0. The highest BCUT2D eigenvalue weighted by Gasteiger charge is 2.13. The van der Waals surface area contributed by atoms with Crippen LogP contribution in [0, 0.1) is 0 Å². The van der Waals surface area contributed by atoms with Crippen LogP contribution in [0.5, 0.6) is 5.75 Å². The molecular weight excluding hydrogens is 282 g/mol. The number of rotatable bonds is 8. The van der Waals surface area contributed by atoms with Crippen molar-refractivity contribution in [3.63, 3.8) is 0 Å². The van der Waals surface area contributed by atoms with E-state index < -0.39 is 0 Å². The first-order valence-corrected chi connectivity index (χ1v) is 7.25. The van der Waals surface area contributed by atoms with Crippen molar-refractivity contribution in [3.05, 3.63) is 36.3 Å². The van der Waals surface area contributed by atoms with E-state index >= 15 is 0 Å². The fraction of sp³-hybridized carbons (Fsp3) is 0.400. The summed E-state index contributed by atoms with van der Waals surface area (Å²) in [6, 6.07) is 5.52. The Bertz CT molecular complexity index is 579. The number of hydrogen-bond acceptors (Lipinski definition) is 7. The Labute approximate surface area is 129 Å². The summed E-state index contributed by atoms with van der Waals surface area (Å²) in [6.07, 6.45) is 5.00. The third kappa shape index (κ3) is 4.56. The fourth-order valence-electron chi connectivity index (χ4n) is 1.98. The molecule has 0 unspecified atom stereocenters. The fourth-order valence-corrected chi connectivity index (χ4v) is 1.98. The molecule has 118 valence electrons. The zero-order chi connectivity index (χ0) is 15.8. The van der Waals surface area contributed by atoms with E-state index in [1.165, 1.54) is 6.20 Å². The summed E-state index contributed by atoms with van der Waals surface area (Å²) in [5.41, 5.74) is 6.44. The SMILES string of the molecule is CCC[C@@H](CO)Nc1nc(N)ncc1OCc1ccccn1. The van der Waals surface area contributed by atoms with E-state index in [0.29, 0.717) is 18.2 Å². The molecule has 0 saturated heterocycles. The monoisotopic (exact) mass is 303 g/mol. The van der Waals surface area contributed by atoms with Crippen molar-refractivity contribution >= 4 is 11.8 Å². The minimum Gasteiger partial charge on any atom is -0.482 e. The lowest BCUT2D eigenvalue weighted by atomic mass is 10.2. The highest BCUT2D eigenvalue weighted by atomic mass is 16.5. The van der Waals surface area contributed by atoms with Crippen molar-refractivity contribution in [1.82, 2.24) is 15.0 Å². The predicted molar refractivity (Wildman–Crippen MR) is 84.4 cm³/mol. The third-order valence-corrected chi connectivity index (χ3v) is 3.07. The van der Waals surface area contributed by atoms with Gasteiger partial charge in [-0.1, -0.05) is 19.4 Å². The van der Waals surface area contributed by atoms with Gasteiger partial charge >= 0.3 is 0 Å². The molecule has 2 rings (SSSR count). The van der Waals surface area contributed by atoms with Gasteiger partial charge in [-0.05, 0) is 18.6 Å². The first-order chi connectivity index (χ1) is 10.7. The van der Waals surface area contributed by atoms with Crippen molar-refractivity contribution in [3.8, 4) is 5.75 Å². The van der Waals surface area contributed by atoms with E-state index in [-0.39, 0.29) is 18.6 Å². The van der Waals surface area contributed by atoms with Crippen LogP contribution in [-0.4, -0.2) is 32.7 Å². The van der Waals surface area contributed by atoms with Gasteiger partial charge in [0.1, 0.15) is 6.61 Å². The van der Waals surface area contributed by atoms with E-state index in [1.807, 2.05) is 18.2 Å². The lowest BCUT2D eigenvalue weighted by molar-refractivity contribution is 0.266. The quantitative estimate of drug-likeness (QED) is 0.680. The molecule has 0 aromatic carbocycles. The van der Waals surface area contributed by atoms with Crippen molar-refractivity contribution < 1.29 is 9.84 Å². The Morgan fingerprint density at radius 1 is 1.36 bits per heavy atom. The second kappa shape index (κ2) is 8.14. The second-order valence-corrected chi connectivity index (χ2v) is 4.86. The van der Waals surface area contributed by atoms with Gasteiger partial charge in [-0.2, -0.15) is 4.98 Å². The molecule has 2 heterocycles. The molecule has 0 bridgehead atoms. The normalized spacial score (nSPS) is 11.9. The van der Waals surface area contributed by atoms with Crippen LogP contribution in [0.2, 0.25) is 0 Å². The molecule has 4 N–H and O–H groups in total. The maximum absolute atomic E-state index is 9.40. The number of nitrogens with one attached hydrogen (secondary N) is 1. The van der Waals surface area contributed by atoms with Gasteiger partial charge in [0, 0.05) is 6.20 Å². The lowest BCUT2D eigenvalue weighted by Crippen LogP contribution is -2.24. The predicted octanol–water partition coefficient (Wildman–Crippen LogP) is 1.61. The van der Waals surface area contributed by atoms with Crippen LogP contribution in [0.25, 0.3) is 0 Å². The van der Waals surface area contributed by atoms with E-state index in [4.69, 9.17) is 10.5 Å². The van der Waals surface area contributed by atoms with Crippen LogP contribution >= 0.6 is 0 Å². The molecule has 7 nitrogen and oxygen atoms in total. The van der Waals surface area contributed by atoms with Gasteiger partial charge in [0.15, 0.2) is 11.6 Å². The number of nitrogens with two attached hydrogens (primary N) is 1. The van der Waals surface area contributed by atoms with E-state index in [1.54, 1.807) is 6.20 Å². The zero-order valence-electron chi connectivity index (χ0n) is 12.6. The smallest absolute Gasteiger partial charge is 0.222 e. The highest BCUT2D eigenvalue weighted by molar-refractivity contribution is 5.51. The standard InChI is InChI=1S/C15H21N5O2/c1-2-5-11(9-21)19-14-13(8-18-15(16)20-14)22-10-12-6-3-4-7-17-12/h3-4,6-8,11,21H,2,5,9-10H2,1H3,(H3,16,18,19,20)/t11-/m0/s1. The first kappa shape index (κ1) is 16.0. The van der Waals surface area contributed by atoms with Crippen LogP contribution < -0.4 is 15.8 Å². The maximum atomic E-state index is 9.40. The summed E-state index contributed by atoms with van der Waals surface area (Å²) in [6.45, 7) is 2.37. The summed E-state index contributed by atoms with van der Waals surface area (Å²) in [5, 5.41) is 12.5. The van der Waals surface area contributed by atoms with Crippen molar-refractivity contribution in [2.75, 3.05) is 17.7 Å². The number of hydrogen-bond donors (Lipinski definition) is 3. The molecule has 0 saturated carbocycles. The zero-order valence-corrected chi connectivity index (χ0v) is 12.6. The third-order valence-electron chi connectivity index (χ3n) is 3.07. The molecular formula is C15H21N5O2. The Balaban J connectivity index is 2.09.